The van der Waals surface area contributed by atoms with Crippen LogP contribution in [0.15, 0.2) is 28.1 Å². The molecule has 2 rings (SSSR count). The molecule has 0 unspecified atom stereocenters. The Labute approximate surface area is 126 Å². The van der Waals surface area contributed by atoms with Gasteiger partial charge in [-0.3, -0.25) is 10.1 Å². The maximum absolute atomic E-state index is 12.0. The number of carbonyl (C=O) groups is 1. The second-order valence-electron chi connectivity index (χ2n) is 3.39. The van der Waals surface area contributed by atoms with E-state index in [1.54, 1.807) is 23.6 Å². The van der Waals surface area contributed by atoms with Crippen molar-refractivity contribution in [1.82, 2.24) is 4.98 Å². The van der Waals surface area contributed by atoms with E-state index in [2.05, 4.69) is 26.2 Å². The molecule has 0 bridgehead atoms. The number of anilines is 1. The van der Waals surface area contributed by atoms with Crippen LogP contribution < -0.4 is 5.32 Å². The quantitative estimate of drug-likeness (QED) is 0.810. The first kappa shape index (κ1) is 13.8. The van der Waals surface area contributed by atoms with Gasteiger partial charge in [-0.2, -0.15) is 0 Å². The van der Waals surface area contributed by atoms with Crippen molar-refractivity contribution in [3.8, 4) is 0 Å². The van der Waals surface area contributed by atoms with Gasteiger partial charge in [0.05, 0.1) is 11.6 Å². The van der Waals surface area contributed by atoms with E-state index in [0.717, 1.165) is 10.2 Å². The number of rotatable bonds is 3. The molecule has 0 saturated carbocycles. The molecule has 1 aromatic heterocycles. The molecule has 0 aliphatic heterocycles. The number of carbonyl (C=O) groups excluding carboxylic acids is 1. The van der Waals surface area contributed by atoms with E-state index in [0.29, 0.717) is 21.6 Å². The molecule has 1 heterocycles. The lowest BCUT2D eigenvalue weighted by atomic mass is 10.2. The average molecular weight is 366 g/mol. The summed E-state index contributed by atoms with van der Waals surface area (Å²) in [5.41, 5.74) is 1.21. The summed E-state index contributed by atoms with van der Waals surface area (Å²) in [6, 6.07) is 5.00. The van der Waals surface area contributed by atoms with Crippen molar-refractivity contribution in [1.29, 1.82) is 0 Å². The molecule has 3 nitrogen and oxygen atoms in total. The second-order valence-corrected chi connectivity index (χ2v) is 5.87. The molecule has 1 aromatic carbocycles. The summed E-state index contributed by atoms with van der Waals surface area (Å²) >= 11 is 16.1. The van der Waals surface area contributed by atoms with Crippen LogP contribution >= 0.6 is 50.5 Å². The molecule has 0 atom stereocenters. The third kappa shape index (κ3) is 3.45. The van der Waals surface area contributed by atoms with Crippen LogP contribution in [-0.2, 0) is 5.88 Å². The van der Waals surface area contributed by atoms with Crippen LogP contribution in [0.3, 0.4) is 0 Å². The van der Waals surface area contributed by atoms with E-state index in [1.807, 2.05) is 0 Å². The molecule has 18 heavy (non-hydrogen) atoms. The molecule has 1 amide bonds. The van der Waals surface area contributed by atoms with Gasteiger partial charge in [-0.15, -0.1) is 22.9 Å². The average Bonchev–Trinajstić information content (AvgIpc) is 2.75. The topological polar surface area (TPSA) is 42.0 Å². The second kappa shape index (κ2) is 6.02. The number of hydrogen-bond donors (Lipinski definition) is 1. The number of benzene rings is 1. The molecule has 7 heteroatoms. The third-order valence-electron chi connectivity index (χ3n) is 2.03. The Morgan fingerprint density at radius 1 is 1.44 bits per heavy atom. The normalized spacial score (nSPS) is 10.4. The van der Waals surface area contributed by atoms with Crippen molar-refractivity contribution in [2.24, 2.45) is 0 Å². The van der Waals surface area contributed by atoms with Crippen LogP contribution in [0.4, 0.5) is 5.13 Å². The first-order valence-electron chi connectivity index (χ1n) is 4.86. The van der Waals surface area contributed by atoms with Crippen LogP contribution in [0.25, 0.3) is 0 Å². The fourth-order valence-electron chi connectivity index (χ4n) is 1.28. The Morgan fingerprint density at radius 3 is 2.83 bits per heavy atom. The highest BCUT2D eigenvalue weighted by Gasteiger charge is 2.10. The van der Waals surface area contributed by atoms with Gasteiger partial charge in [0, 0.05) is 20.4 Å². The Balaban J connectivity index is 2.16. The minimum atomic E-state index is -0.256. The van der Waals surface area contributed by atoms with Gasteiger partial charge in [-0.1, -0.05) is 27.5 Å². The minimum absolute atomic E-state index is 0.256. The van der Waals surface area contributed by atoms with E-state index in [9.17, 15) is 4.79 Å². The van der Waals surface area contributed by atoms with Crippen LogP contribution in [-0.4, -0.2) is 10.9 Å². The van der Waals surface area contributed by atoms with Crippen molar-refractivity contribution >= 4 is 61.5 Å². The summed E-state index contributed by atoms with van der Waals surface area (Å²) < 4.78 is 0.751. The molecule has 0 fully saturated rings. The largest absolute Gasteiger partial charge is 0.298 e. The summed E-state index contributed by atoms with van der Waals surface area (Å²) in [5.74, 6) is 0.0726. The number of halogens is 3. The van der Waals surface area contributed by atoms with E-state index < -0.39 is 0 Å². The summed E-state index contributed by atoms with van der Waals surface area (Å²) in [7, 11) is 0. The summed E-state index contributed by atoms with van der Waals surface area (Å²) in [4.78, 5) is 16.1. The van der Waals surface area contributed by atoms with Crippen molar-refractivity contribution in [3.63, 3.8) is 0 Å². The lowest BCUT2D eigenvalue weighted by Crippen LogP contribution is -2.11. The van der Waals surface area contributed by atoms with Gasteiger partial charge < -0.3 is 0 Å². The lowest BCUT2D eigenvalue weighted by Gasteiger charge is -2.03. The molecule has 0 saturated heterocycles. The van der Waals surface area contributed by atoms with Crippen molar-refractivity contribution < 1.29 is 4.79 Å². The molecule has 0 radical (unpaired) electrons. The minimum Gasteiger partial charge on any atom is -0.298 e. The van der Waals surface area contributed by atoms with E-state index in [-0.39, 0.29) is 5.91 Å². The highest BCUT2D eigenvalue weighted by molar-refractivity contribution is 9.10. The smallest absolute Gasteiger partial charge is 0.257 e. The number of hydrogen-bond acceptors (Lipinski definition) is 3. The first-order chi connectivity index (χ1) is 8.58. The number of aromatic nitrogens is 1. The van der Waals surface area contributed by atoms with Crippen molar-refractivity contribution in [3.05, 3.63) is 44.3 Å². The Kier molecular flexibility index (Phi) is 4.61. The number of nitrogens with zero attached hydrogens (tertiary/aromatic N) is 1. The van der Waals surface area contributed by atoms with Gasteiger partial charge >= 0.3 is 0 Å². The van der Waals surface area contributed by atoms with Gasteiger partial charge in [0.1, 0.15) is 0 Å². The number of nitrogens with one attached hydrogen (secondary N) is 1. The fourth-order valence-corrected chi connectivity index (χ4v) is 3.07. The Morgan fingerprint density at radius 2 is 2.22 bits per heavy atom. The fraction of sp³-hybridized carbons (Fsp3) is 0.0909. The third-order valence-corrected chi connectivity index (χ3v) is 3.79. The lowest BCUT2D eigenvalue weighted by molar-refractivity contribution is 0.102. The molecule has 2 aromatic rings. The van der Waals surface area contributed by atoms with Crippen LogP contribution in [0.5, 0.6) is 0 Å². The molecule has 94 valence electrons. The zero-order valence-electron chi connectivity index (χ0n) is 8.91. The molecular weight excluding hydrogens is 359 g/mol. The summed E-state index contributed by atoms with van der Waals surface area (Å²) in [6.45, 7) is 0. The van der Waals surface area contributed by atoms with Gasteiger partial charge in [0.25, 0.3) is 5.91 Å². The molecule has 0 aliphatic rings. The number of alkyl halides is 1. The van der Waals surface area contributed by atoms with E-state index in [4.69, 9.17) is 23.2 Å². The van der Waals surface area contributed by atoms with E-state index in [1.165, 1.54) is 11.3 Å². The Bertz CT molecular complexity index is 568. The monoisotopic (exact) mass is 364 g/mol. The van der Waals surface area contributed by atoms with Crippen molar-refractivity contribution in [2.75, 3.05) is 5.32 Å². The molecule has 0 spiro atoms. The zero-order valence-corrected chi connectivity index (χ0v) is 12.8. The van der Waals surface area contributed by atoms with Crippen molar-refractivity contribution in [2.45, 2.75) is 5.88 Å². The van der Waals surface area contributed by atoms with E-state index >= 15 is 0 Å². The summed E-state index contributed by atoms with van der Waals surface area (Å²) in [6.07, 6.45) is 0. The van der Waals surface area contributed by atoms with Crippen LogP contribution in [0, 0.1) is 0 Å². The van der Waals surface area contributed by atoms with Crippen LogP contribution in [0.1, 0.15) is 16.1 Å². The highest BCUT2D eigenvalue weighted by Crippen LogP contribution is 2.22. The number of thiazole rings is 1. The highest BCUT2D eigenvalue weighted by atomic mass is 79.9. The predicted octanol–water partition coefficient (Wildman–Crippen LogP) is 4.55. The molecule has 0 aliphatic carbocycles. The van der Waals surface area contributed by atoms with Gasteiger partial charge in [-0.25, -0.2) is 4.98 Å². The SMILES string of the molecule is O=C(Nc1nc(CCl)cs1)c1cc(Cl)cc(Br)c1. The standard InChI is InChI=1S/C11H7BrCl2N2OS/c12-7-1-6(2-8(14)3-7)10(17)16-11-15-9(4-13)5-18-11/h1-3,5H,4H2,(H,15,16,17). The molecule has 1 N–H and O–H groups in total. The molecular formula is C11H7BrCl2N2OS. The summed E-state index contributed by atoms with van der Waals surface area (Å²) in [5, 5.41) is 5.52. The van der Waals surface area contributed by atoms with Gasteiger partial charge in [-0.05, 0) is 18.2 Å². The maximum atomic E-state index is 12.0. The predicted molar refractivity (Wildman–Crippen MR) is 78.8 cm³/mol. The number of amides is 1. The maximum Gasteiger partial charge on any atom is 0.257 e. The zero-order chi connectivity index (χ0) is 13.1. The Hall–Kier alpha value is -0.620. The van der Waals surface area contributed by atoms with Gasteiger partial charge in [0.2, 0.25) is 0 Å². The van der Waals surface area contributed by atoms with Gasteiger partial charge in [0.15, 0.2) is 5.13 Å². The first-order valence-corrected chi connectivity index (χ1v) is 7.45. The van der Waals surface area contributed by atoms with Crippen LogP contribution in [0.2, 0.25) is 5.02 Å².